The molecule has 6 nitrogen and oxygen atoms in total. The van der Waals surface area contributed by atoms with Crippen molar-refractivity contribution in [1.29, 1.82) is 0 Å². The van der Waals surface area contributed by atoms with Crippen LogP contribution in [-0.4, -0.2) is 43.8 Å². The fraction of sp³-hybridized carbons (Fsp3) is 0.536. The third-order valence-corrected chi connectivity index (χ3v) is 6.21. The van der Waals surface area contributed by atoms with Gasteiger partial charge in [-0.25, -0.2) is 0 Å². The normalized spacial score (nSPS) is 14.1. The fourth-order valence-electron chi connectivity index (χ4n) is 4.47. The highest BCUT2D eigenvalue weighted by Crippen LogP contribution is 2.34. The standard InChI is InChI=1S/C28H40ClN3O3/c1-6-7-12-32-13-10-21-16-20(17-23(26(21)32)27(30)33)15-19(2)31-11-14-34-24-9-8-22(29)18-25(24)35-28(3,4)5/h8-9,16-19,31H,6-7,10-15H2,1-5H3,(H2,30,33)/t19-/m1/s1. The summed E-state index contributed by atoms with van der Waals surface area (Å²) in [4.78, 5) is 14.6. The maximum atomic E-state index is 12.2. The molecule has 2 aromatic carbocycles. The van der Waals surface area contributed by atoms with E-state index in [-0.39, 0.29) is 17.6 Å². The van der Waals surface area contributed by atoms with E-state index < -0.39 is 0 Å². The summed E-state index contributed by atoms with van der Waals surface area (Å²) < 4.78 is 12.0. The smallest absolute Gasteiger partial charge is 0.250 e. The molecule has 3 rings (SSSR count). The Balaban J connectivity index is 1.57. The number of halogens is 1. The van der Waals surface area contributed by atoms with Crippen LogP contribution in [0, 0.1) is 0 Å². The zero-order valence-corrected chi connectivity index (χ0v) is 22.5. The predicted octanol–water partition coefficient (Wildman–Crippen LogP) is 5.38. The minimum Gasteiger partial charge on any atom is -0.488 e. The molecule has 0 aromatic heterocycles. The number of hydrogen-bond acceptors (Lipinski definition) is 5. The molecule has 0 saturated heterocycles. The van der Waals surface area contributed by atoms with Crippen molar-refractivity contribution in [3.63, 3.8) is 0 Å². The molecule has 0 spiro atoms. The van der Waals surface area contributed by atoms with E-state index in [0.29, 0.717) is 35.2 Å². The van der Waals surface area contributed by atoms with Crippen molar-refractivity contribution >= 4 is 23.2 Å². The van der Waals surface area contributed by atoms with Crippen LogP contribution < -0.4 is 25.4 Å². The van der Waals surface area contributed by atoms with Crippen LogP contribution in [0.1, 0.15) is 68.9 Å². The van der Waals surface area contributed by atoms with Gasteiger partial charge in [0.1, 0.15) is 12.2 Å². The number of ether oxygens (including phenoxy) is 2. The van der Waals surface area contributed by atoms with Crippen molar-refractivity contribution in [2.45, 2.75) is 71.9 Å². The van der Waals surface area contributed by atoms with Crippen LogP contribution in [0.5, 0.6) is 11.5 Å². The van der Waals surface area contributed by atoms with E-state index in [0.717, 1.165) is 50.0 Å². The SMILES string of the molecule is CCCCN1CCc2cc(C[C@@H](C)NCCOc3ccc(Cl)cc3OC(C)(C)C)cc(C(N)=O)c21. The Kier molecular flexibility index (Phi) is 9.31. The summed E-state index contributed by atoms with van der Waals surface area (Å²) in [5.41, 5.74) is 9.49. The number of nitrogens with one attached hydrogen (secondary N) is 1. The Labute approximate surface area is 215 Å². The highest BCUT2D eigenvalue weighted by Gasteiger charge is 2.25. The van der Waals surface area contributed by atoms with Gasteiger partial charge in [0.2, 0.25) is 0 Å². The van der Waals surface area contributed by atoms with Gasteiger partial charge in [0.25, 0.3) is 5.91 Å². The average molecular weight is 502 g/mol. The van der Waals surface area contributed by atoms with E-state index in [2.05, 4.69) is 30.1 Å². The monoisotopic (exact) mass is 501 g/mol. The number of amides is 1. The Morgan fingerprint density at radius 3 is 2.69 bits per heavy atom. The molecule has 192 valence electrons. The molecule has 0 aliphatic carbocycles. The molecule has 0 bridgehead atoms. The summed E-state index contributed by atoms with van der Waals surface area (Å²) in [6, 6.07) is 9.86. The van der Waals surface area contributed by atoms with Gasteiger partial charge in [0.15, 0.2) is 11.5 Å². The lowest BCUT2D eigenvalue weighted by molar-refractivity contribution is 0.100. The maximum Gasteiger partial charge on any atom is 0.250 e. The highest BCUT2D eigenvalue weighted by molar-refractivity contribution is 6.30. The number of unbranched alkanes of at least 4 members (excludes halogenated alkanes) is 1. The minimum atomic E-state index is -0.350. The summed E-state index contributed by atoms with van der Waals surface area (Å²) in [5, 5.41) is 4.13. The number of anilines is 1. The van der Waals surface area contributed by atoms with Gasteiger partial charge in [0.05, 0.1) is 11.3 Å². The first-order chi connectivity index (χ1) is 16.6. The van der Waals surface area contributed by atoms with E-state index >= 15 is 0 Å². The van der Waals surface area contributed by atoms with E-state index in [1.54, 1.807) is 12.1 Å². The molecule has 1 amide bonds. The van der Waals surface area contributed by atoms with Crippen LogP contribution in [0.3, 0.4) is 0 Å². The number of rotatable bonds is 12. The molecule has 1 aliphatic rings. The molecule has 0 fully saturated rings. The first kappa shape index (κ1) is 27.2. The van der Waals surface area contributed by atoms with Crippen LogP contribution in [0.2, 0.25) is 5.02 Å². The van der Waals surface area contributed by atoms with Gasteiger partial charge in [0, 0.05) is 36.8 Å². The molecule has 1 aliphatic heterocycles. The quantitative estimate of drug-likeness (QED) is 0.382. The number of carbonyl (C=O) groups is 1. The third kappa shape index (κ3) is 7.77. The Morgan fingerprint density at radius 2 is 2.00 bits per heavy atom. The lowest BCUT2D eigenvalue weighted by atomic mass is 9.98. The lowest BCUT2D eigenvalue weighted by Gasteiger charge is -2.23. The van der Waals surface area contributed by atoms with Crippen LogP contribution >= 0.6 is 11.6 Å². The van der Waals surface area contributed by atoms with Gasteiger partial charge < -0.3 is 25.4 Å². The fourth-order valence-corrected chi connectivity index (χ4v) is 4.63. The third-order valence-electron chi connectivity index (χ3n) is 5.98. The molecule has 35 heavy (non-hydrogen) atoms. The Bertz CT molecular complexity index is 1020. The highest BCUT2D eigenvalue weighted by atomic mass is 35.5. The van der Waals surface area contributed by atoms with Crippen LogP contribution in [0.4, 0.5) is 5.69 Å². The summed E-state index contributed by atoms with van der Waals surface area (Å²) in [7, 11) is 0. The minimum absolute atomic E-state index is 0.213. The molecular weight excluding hydrogens is 462 g/mol. The first-order valence-corrected chi connectivity index (χ1v) is 13.0. The van der Waals surface area contributed by atoms with Gasteiger partial charge in [-0.15, -0.1) is 0 Å². The number of nitrogens with two attached hydrogens (primary N) is 1. The van der Waals surface area contributed by atoms with Gasteiger partial charge in [-0.1, -0.05) is 31.0 Å². The number of carbonyl (C=O) groups excluding carboxylic acids is 1. The van der Waals surface area contributed by atoms with Crippen molar-refractivity contribution in [3.8, 4) is 11.5 Å². The number of fused-ring (bicyclic) bond motifs is 1. The topological polar surface area (TPSA) is 76.8 Å². The van der Waals surface area contributed by atoms with Crippen LogP contribution in [0.25, 0.3) is 0 Å². The maximum absolute atomic E-state index is 12.2. The second-order valence-corrected chi connectivity index (χ2v) is 10.8. The number of hydrogen-bond donors (Lipinski definition) is 2. The number of primary amides is 1. The van der Waals surface area contributed by atoms with Crippen molar-refractivity contribution < 1.29 is 14.3 Å². The van der Waals surface area contributed by atoms with E-state index in [1.807, 2.05) is 32.9 Å². The summed E-state index contributed by atoms with van der Waals surface area (Å²) >= 11 is 6.14. The van der Waals surface area contributed by atoms with Crippen molar-refractivity contribution in [1.82, 2.24) is 5.32 Å². The zero-order valence-electron chi connectivity index (χ0n) is 21.7. The van der Waals surface area contributed by atoms with Crippen LogP contribution in [0.15, 0.2) is 30.3 Å². The van der Waals surface area contributed by atoms with Gasteiger partial charge in [-0.05, 0) is 76.3 Å². The van der Waals surface area contributed by atoms with Crippen molar-refractivity contribution in [3.05, 3.63) is 52.0 Å². The molecule has 2 aromatic rings. The van der Waals surface area contributed by atoms with E-state index in [1.165, 1.54) is 5.56 Å². The summed E-state index contributed by atoms with van der Waals surface area (Å²) in [5.74, 6) is 0.969. The Hall–Kier alpha value is -2.44. The molecule has 0 saturated carbocycles. The molecule has 0 radical (unpaired) electrons. The van der Waals surface area contributed by atoms with E-state index in [4.69, 9.17) is 26.8 Å². The summed E-state index contributed by atoms with van der Waals surface area (Å²) in [6.45, 7) is 13.4. The van der Waals surface area contributed by atoms with Crippen molar-refractivity contribution in [2.24, 2.45) is 5.73 Å². The second-order valence-electron chi connectivity index (χ2n) is 10.3. The number of benzene rings is 2. The second kappa shape index (κ2) is 12.0. The Morgan fingerprint density at radius 1 is 1.23 bits per heavy atom. The average Bonchev–Trinajstić information content (AvgIpc) is 3.17. The predicted molar refractivity (Wildman–Crippen MR) is 144 cm³/mol. The van der Waals surface area contributed by atoms with Gasteiger partial charge in [-0.3, -0.25) is 4.79 Å². The summed E-state index contributed by atoms with van der Waals surface area (Å²) in [6.07, 6.45) is 4.01. The molecule has 3 N–H and O–H groups in total. The molecule has 7 heteroatoms. The molecule has 0 unspecified atom stereocenters. The van der Waals surface area contributed by atoms with Crippen LogP contribution in [-0.2, 0) is 12.8 Å². The lowest BCUT2D eigenvalue weighted by Crippen LogP contribution is -2.32. The zero-order chi connectivity index (χ0) is 25.6. The molecule has 1 atom stereocenters. The number of nitrogens with zero attached hydrogens (tertiary/aromatic N) is 1. The van der Waals surface area contributed by atoms with E-state index in [9.17, 15) is 4.79 Å². The van der Waals surface area contributed by atoms with Crippen molar-refractivity contribution in [2.75, 3.05) is 31.1 Å². The molecule has 1 heterocycles. The van der Waals surface area contributed by atoms with Gasteiger partial charge in [-0.2, -0.15) is 0 Å². The first-order valence-electron chi connectivity index (χ1n) is 12.6. The largest absolute Gasteiger partial charge is 0.488 e. The van der Waals surface area contributed by atoms with Gasteiger partial charge >= 0.3 is 0 Å². The molecular formula is C28H40ClN3O3.